The predicted molar refractivity (Wildman–Crippen MR) is 62.6 cm³/mol. The summed E-state index contributed by atoms with van der Waals surface area (Å²) >= 11 is 5.79. The maximum atomic E-state index is 13.3. The highest BCUT2D eigenvalue weighted by Gasteiger charge is 2.12. The van der Waals surface area contributed by atoms with E-state index in [1.54, 1.807) is 0 Å². The van der Waals surface area contributed by atoms with Crippen LogP contribution in [0.5, 0.6) is 11.6 Å². The number of ether oxygens (including phenoxy) is 1. The molecule has 19 heavy (non-hydrogen) atoms. The van der Waals surface area contributed by atoms with E-state index < -0.39 is 23.5 Å². The molecule has 0 radical (unpaired) electrons. The molecule has 1 heterocycles. The van der Waals surface area contributed by atoms with Gasteiger partial charge in [0.1, 0.15) is 11.6 Å². The van der Waals surface area contributed by atoms with E-state index in [1.165, 1.54) is 12.1 Å². The number of pyridine rings is 1. The topological polar surface area (TPSA) is 59.4 Å². The van der Waals surface area contributed by atoms with Gasteiger partial charge in [-0.25, -0.2) is 18.6 Å². The van der Waals surface area contributed by atoms with Crippen LogP contribution in [0.25, 0.3) is 0 Å². The monoisotopic (exact) mass is 285 g/mol. The molecule has 1 aromatic heterocycles. The summed E-state index contributed by atoms with van der Waals surface area (Å²) in [6.07, 6.45) is 0.790. The Hall–Kier alpha value is -2.21. The predicted octanol–water partition coefficient (Wildman–Crippen LogP) is 3.50. The summed E-state index contributed by atoms with van der Waals surface area (Å²) < 4.78 is 31.0. The highest BCUT2D eigenvalue weighted by molar-refractivity contribution is 6.32. The van der Waals surface area contributed by atoms with Crippen LogP contribution in [0.1, 0.15) is 10.4 Å². The summed E-state index contributed by atoms with van der Waals surface area (Å²) in [5.74, 6) is -3.41. The number of aromatic nitrogens is 1. The van der Waals surface area contributed by atoms with Gasteiger partial charge in [0.05, 0.1) is 16.8 Å². The summed E-state index contributed by atoms with van der Waals surface area (Å²) in [6.45, 7) is 0. The van der Waals surface area contributed by atoms with Gasteiger partial charge in [0.15, 0.2) is 5.82 Å². The standard InChI is InChI=1S/C12H6ClF2NO3/c13-8-3-6(12(17)18)1-2-10(8)19-11-9(15)4-7(14)5-16-11/h1-5H,(H,17,18). The first-order valence-electron chi connectivity index (χ1n) is 4.99. The molecule has 0 spiro atoms. The van der Waals surface area contributed by atoms with Crippen molar-refractivity contribution in [2.75, 3.05) is 0 Å². The van der Waals surface area contributed by atoms with Gasteiger partial charge in [0.25, 0.3) is 5.88 Å². The number of halogens is 3. The Labute approximate surface area is 111 Å². The third-order valence-electron chi connectivity index (χ3n) is 2.16. The molecule has 4 nitrogen and oxygen atoms in total. The van der Waals surface area contributed by atoms with Crippen LogP contribution in [0.15, 0.2) is 30.5 Å². The Morgan fingerprint density at radius 2 is 2.05 bits per heavy atom. The van der Waals surface area contributed by atoms with Gasteiger partial charge in [-0.1, -0.05) is 11.6 Å². The van der Waals surface area contributed by atoms with E-state index in [1.807, 2.05) is 0 Å². The number of carbonyl (C=O) groups is 1. The van der Waals surface area contributed by atoms with Crippen molar-refractivity contribution in [3.05, 3.63) is 52.7 Å². The maximum absolute atomic E-state index is 13.3. The Bertz CT molecular complexity index is 649. The highest BCUT2D eigenvalue weighted by Crippen LogP contribution is 2.30. The zero-order chi connectivity index (χ0) is 14.0. The van der Waals surface area contributed by atoms with Crippen molar-refractivity contribution in [3.63, 3.8) is 0 Å². The third kappa shape index (κ3) is 2.97. The molecule has 0 aliphatic rings. The van der Waals surface area contributed by atoms with Crippen LogP contribution in [-0.2, 0) is 0 Å². The molecule has 0 aliphatic carbocycles. The van der Waals surface area contributed by atoms with Crippen molar-refractivity contribution in [2.24, 2.45) is 0 Å². The van der Waals surface area contributed by atoms with Crippen LogP contribution in [0.4, 0.5) is 8.78 Å². The lowest BCUT2D eigenvalue weighted by atomic mass is 10.2. The molecule has 0 amide bonds. The van der Waals surface area contributed by atoms with Crippen molar-refractivity contribution in [1.82, 2.24) is 4.98 Å². The molecule has 0 aliphatic heterocycles. The summed E-state index contributed by atoms with van der Waals surface area (Å²) in [5, 5.41) is 8.73. The van der Waals surface area contributed by atoms with E-state index in [2.05, 4.69) is 4.98 Å². The second kappa shape index (κ2) is 5.19. The normalized spacial score (nSPS) is 10.3. The van der Waals surface area contributed by atoms with Crippen LogP contribution in [0.3, 0.4) is 0 Å². The number of nitrogens with zero attached hydrogens (tertiary/aromatic N) is 1. The first-order valence-corrected chi connectivity index (χ1v) is 5.37. The summed E-state index contributed by atoms with van der Waals surface area (Å²) in [6, 6.07) is 4.27. The zero-order valence-corrected chi connectivity index (χ0v) is 9.99. The number of aromatic carboxylic acids is 1. The van der Waals surface area contributed by atoms with Crippen LogP contribution < -0.4 is 4.74 Å². The molecule has 98 valence electrons. The summed E-state index contributed by atoms with van der Waals surface area (Å²) in [4.78, 5) is 14.1. The molecule has 0 saturated heterocycles. The number of rotatable bonds is 3. The third-order valence-corrected chi connectivity index (χ3v) is 2.45. The first kappa shape index (κ1) is 13.2. The van der Waals surface area contributed by atoms with Gasteiger partial charge < -0.3 is 9.84 Å². The first-order chi connectivity index (χ1) is 8.97. The lowest BCUT2D eigenvalue weighted by Crippen LogP contribution is -1.97. The Morgan fingerprint density at radius 1 is 1.32 bits per heavy atom. The summed E-state index contributed by atoms with van der Waals surface area (Å²) in [7, 11) is 0. The zero-order valence-electron chi connectivity index (χ0n) is 9.23. The van der Waals surface area contributed by atoms with E-state index in [9.17, 15) is 13.6 Å². The lowest BCUT2D eigenvalue weighted by molar-refractivity contribution is 0.0697. The minimum atomic E-state index is -1.15. The van der Waals surface area contributed by atoms with Crippen LogP contribution in [0, 0.1) is 11.6 Å². The molecule has 0 atom stereocenters. The molecule has 1 aromatic carbocycles. The van der Waals surface area contributed by atoms with Crippen molar-refractivity contribution < 1.29 is 23.4 Å². The Morgan fingerprint density at radius 3 is 2.63 bits per heavy atom. The number of carboxylic acids is 1. The average molecular weight is 286 g/mol. The van der Waals surface area contributed by atoms with Crippen molar-refractivity contribution >= 4 is 17.6 Å². The number of hydrogen-bond donors (Lipinski definition) is 1. The molecular formula is C12H6ClF2NO3. The molecule has 0 saturated carbocycles. The molecule has 7 heteroatoms. The second-order valence-corrected chi connectivity index (χ2v) is 3.90. The quantitative estimate of drug-likeness (QED) is 0.937. The summed E-state index contributed by atoms with van der Waals surface area (Å²) in [5.41, 5.74) is -0.0371. The minimum absolute atomic E-state index is 0.0182. The molecule has 0 fully saturated rings. The minimum Gasteiger partial charge on any atom is -0.478 e. The van der Waals surface area contributed by atoms with Gasteiger partial charge in [-0.3, -0.25) is 0 Å². The van der Waals surface area contributed by atoms with Crippen LogP contribution >= 0.6 is 11.6 Å². The fraction of sp³-hybridized carbons (Fsp3) is 0. The molecule has 1 N–H and O–H groups in total. The van der Waals surface area contributed by atoms with Gasteiger partial charge in [0.2, 0.25) is 0 Å². The van der Waals surface area contributed by atoms with Gasteiger partial charge >= 0.3 is 5.97 Å². The maximum Gasteiger partial charge on any atom is 0.335 e. The molecule has 2 aromatic rings. The number of hydrogen-bond acceptors (Lipinski definition) is 3. The number of benzene rings is 1. The Kier molecular flexibility index (Phi) is 3.62. The van der Waals surface area contributed by atoms with Gasteiger partial charge in [0, 0.05) is 6.07 Å². The highest BCUT2D eigenvalue weighted by atomic mass is 35.5. The van der Waals surface area contributed by atoms with E-state index in [-0.39, 0.29) is 16.3 Å². The van der Waals surface area contributed by atoms with Crippen molar-refractivity contribution in [3.8, 4) is 11.6 Å². The fourth-order valence-electron chi connectivity index (χ4n) is 1.30. The van der Waals surface area contributed by atoms with Gasteiger partial charge in [-0.2, -0.15) is 0 Å². The molecule has 0 unspecified atom stereocenters. The SMILES string of the molecule is O=C(O)c1ccc(Oc2ncc(F)cc2F)c(Cl)c1. The number of carboxylic acid groups (broad SMARTS) is 1. The van der Waals surface area contributed by atoms with E-state index in [0.717, 1.165) is 12.3 Å². The van der Waals surface area contributed by atoms with Gasteiger partial charge in [-0.05, 0) is 18.2 Å². The lowest BCUT2D eigenvalue weighted by Gasteiger charge is -2.07. The molecular weight excluding hydrogens is 280 g/mol. The van der Waals surface area contributed by atoms with Crippen LogP contribution in [0.2, 0.25) is 5.02 Å². The van der Waals surface area contributed by atoms with E-state index in [4.69, 9.17) is 21.4 Å². The fourth-order valence-corrected chi connectivity index (χ4v) is 1.52. The van der Waals surface area contributed by atoms with Crippen LogP contribution in [-0.4, -0.2) is 16.1 Å². The van der Waals surface area contributed by atoms with E-state index in [0.29, 0.717) is 6.07 Å². The Balaban J connectivity index is 2.31. The second-order valence-electron chi connectivity index (χ2n) is 3.49. The average Bonchev–Trinajstić information content (AvgIpc) is 2.34. The van der Waals surface area contributed by atoms with Crippen molar-refractivity contribution in [1.29, 1.82) is 0 Å². The van der Waals surface area contributed by atoms with Gasteiger partial charge in [-0.15, -0.1) is 0 Å². The molecule has 2 rings (SSSR count). The smallest absolute Gasteiger partial charge is 0.335 e. The molecule has 0 bridgehead atoms. The van der Waals surface area contributed by atoms with E-state index >= 15 is 0 Å². The van der Waals surface area contributed by atoms with Crippen molar-refractivity contribution in [2.45, 2.75) is 0 Å². The largest absolute Gasteiger partial charge is 0.478 e.